The number of nitrogens with zero attached hydrogens (tertiary/aromatic N) is 2. The maximum absolute atomic E-state index is 5.47. The molecule has 2 heterocycles. The topological polar surface area (TPSA) is 67.6 Å². The third kappa shape index (κ3) is 1.12. The molecule has 0 bridgehead atoms. The van der Waals surface area contributed by atoms with Gasteiger partial charge in [-0.05, 0) is 12.1 Å². The summed E-state index contributed by atoms with van der Waals surface area (Å²) < 4.78 is 0. The van der Waals surface area contributed by atoms with Crippen LogP contribution in [0, 0.1) is 0 Å². The van der Waals surface area contributed by atoms with Gasteiger partial charge >= 0.3 is 0 Å². The second-order valence-electron chi connectivity index (χ2n) is 2.01. The number of nitrogens with one attached hydrogen (secondary N) is 1. The molecule has 0 atom stereocenters. The van der Waals surface area contributed by atoms with E-state index in [1.165, 1.54) is 0 Å². The Hall–Kier alpha value is -1.29. The summed E-state index contributed by atoms with van der Waals surface area (Å²) in [6.07, 6.45) is 1.69. The molecule has 0 unspecified atom stereocenters. The van der Waals surface area contributed by atoms with Crippen molar-refractivity contribution in [2.75, 3.05) is 5.73 Å². The van der Waals surface area contributed by atoms with Crippen molar-refractivity contribution in [1.29, 1.82) is 0 Å². The van der Waals surface area contributed by atoms with Gasteiger partial charge in [0.2, 0.25) is 0 Å². The molecule has 4 nitrogen and oxygen atoms in total. The number of fused-ring (bicyclic) bond motifs is 1. The van der Waals surface area contributed by atoms with E-state index in [4.69, 9.17) is 5.73 Å². The molecule has 0 aliphatic heterocycles. The Morgan fingerprint density at radius 3 is 3.00 bits per heavy atom. The molecule has 3 N–H and O–H groups in total. The van der Waals surface area contributed by atoms with Crippen LogP contribution < -0.4 is 5.73 Å². The number of anilines is 1. The summed E-state index contributed by atoms with van der Waals surface area (Å²) >= 11 is 0. The van der Waals surface area contributed by atoms with E-state index >= 15 is 0 Å². The number of aromatic amines is 1. The molecule has 0 saturated carbocycles. The van der Waals surface area contributed by atoms with Gasteiger partial charge in [0.15, 0.2) is 5.82 Å². The lowest BCUT2D eigenvalue weighted by Crippen LogP contribution is -1.84. The Morgan fingerprint density at radius 1 is 1.45 bits per heavy atom. The van der Waals surface area contributed by atoms with Gasteiger partial charge in [0.1, 0.15) is 5.52 Å². The fraction of sp³-hybridized carbons (Fsp3) is 0. The van der Waals surface area contributed by atoms with Gasteiger partial charge in [0, 0.05) is 6.20 Å². The lowest BCUT2D eigenvalue weighted by Gasteiger charge is -1.83. The third-order valence-electron chi connectivity index (χ3n) is 1.35. The standard InChI is InChI=1S/C6H6N4.ClH/c7-6-5-4(9-10-6)2-1-3-8-5;/h1-3H,(H3,7,9,10);1H. The molecule has 0 aliphatic carbocycles. The normalized spacial score (nSPS) is 9.45. The van der Waals surface area contributed by atoms with E-state index in [0.717, 1.165) is 11.0 Å². The quantitative estimate of drug-likeness (QED) is 0.619. The Kier molecular flexibility index (Phi) is 1.96. The third-order valence-corrected chi connectivity index (χ3v) is 1.35. The molecular weight excluding hydrogens is 164 g/mol. The first-order valence-corrected chi connectivity index (χ1v) is 2.92. The van der Waals surface area contributed by atoms with Crippen molar-refractivity contribution >= 4 is 29.3 Å². The van der Waals surface area contributed by atoms with Gasteiger partial charge in [0.25, 0.3) is 0 Å². The molecule has 0 amide bonds. The molecule has 0 aromatic carbocycles. The molecule has 0 radical (unpaired) electrons. The number of rotatable bonds is 0. The largest absolute Gasteiger partial charge is 0.380 e. The maximum Gasteiger partial charge on any atom is 0.171 e. The summed E-state index contributed by atoms with van der Waals surface area (Å²) in [4.78, 5) is 4.02. The van der Waals surface area contributed by atoms with Gasteiger partial charge in [-0.3, -0.25) is 10.1 Å². The van der Waals surface area contributed by atoms with Crippen molar-refractivity contribution in [3.05, 3.63) is 18.3 Å². The zero-order chi connectivity index (χ0) is 6.97. The van der Waals surface area contributed by atoms with E-state index in [1.54, 1.807) is 6.20 Å². The van der Waals surface area contributed by atoms with Crippen LogP contribution in [-0.2, 0) is 0 Å². The summed E-state index contributed by atoms with van der Waals surface area (Å²) in [6, 6.07) is 3.71. The monoisotopic (exact) mass is 170 g/mol. The van der Waals surface area contributed by atoms with Crippen LogP contribution in [0.4, 0.5) is 5.82 Å². The van der Waals surface area contributed by atoms with Crippen molar-refractivity contribution in [3.63, 3.8) is 0 Å². The molecule has 58 valence electrons. The van der Waals surface area contributed by atoms with Crippen molar-refractivity contribution in [2.24, 2.45) is 0 Å². The average Bonchev–Trinajstić information content (AvgIpc) is 2.34. The number of hydrogen-bond donors (Lipinski definition) is 2. The van der Waals surface area contributed by atoms with Crippen molar-refractivity contribution in [2.45, 2.75) is 0 Å². The van der Waals surface area contributed by atoms with E-state index < -0.39 is 0 Å². The van der Waals surface area contributed by atoms with E-state index in [-0.39, 0.29) is 12.4 Å². The molecule has 0 fully saturated rings. The highest BCUT2D eigenvalue weighted by Crippen LogP contribution is 2.12. The van der Waals surface area contributed by atoms with Crippen LogP contribution in [0.25, 0.3) is 11.0 Å². The zero-order valence-corrected chi connectivity index (χ0v) is 6.43. The number of nitrogen functional groups attached to an aromatic ring is 1. The zero-order valence-electron chi connectivity index (χ0n) is 5.61. The van der Waals surface area contributed by atoms with Crippen LogP contribution in [-0.4, -0.2) is 15.2 Å². The number of H-pyrrole nitrogens is 1. The van der Waals surface area contributed by atoms with E-state index in [9.17, 15) is 0 Å². The van der Waals surface area contributed by atoms with E-state index in [2.05, 4.69) is 15.2 Å². The Bertz CT molecular complexity index is 356. The first-order valence-electron chi connectivity index (χ1n) is 2.92. The van der Waals surface area contributed by atoms with Crippen LogP contribution >= 0.6 is 12.4 Å². The van der Waals surface area contributed by atoms with Gasteiger partial charge in [-0.15, -0.1) is 12.4 Å². The minimum atomic E-state index is 0. The first-order chi connectivity index (χ1) is 4.88. The Labute approximate surface area is 69.2 Å². The SMILES string of the molecule is Cl.Nc1n[nH]c2cccnc12. The predicted molar refractivity (Wildman–Crippen MR) is 45.5 cm³/mol. The summed E-state index contributed by atoms with van der Waals surface area (Å²) in [5.74, 6) is 0.454. The van der Waals surface area contributed by atoms with Crippen molar-refractivity contribution in [3.8, 4) is 0 Å². The van der Waals surface area contributed by atoms with Gasteiger partial charge in [-0.2, -0.15) is 5.10 Å². The fourth-order valence-corrected chi connectivity index (χ4v) is 0.873. The second-order valence-corrected chi connectivity index (χ2v) is 2.01. The van der Waals surface area contributed by atoms with Gasteiger partial charge in [0.05, 0.1) is 5.52 Å². The van der Waals surface area contributed by atoms with Crippen LogP contribution in [0.3, 0.4) is 0 Å². The van der Waals surface area contributed by atoms with Crippen LogP contribution in [0.2, 0.25) is 0 Å². The van der Waals surface area contributed by atoms with Gasteiger partial charge < -0.3 is 5.73 Å². The predicted octanol–water partition coefficient (Wildman–Crippen LogP) is 0.962. The molecular formula is C6H7ClN4. The lowest BCUT2D eigenvalue weighted by molar-refractivity contribution is 1.13. The molecule has 2 rings (SSSR count). The minimum absolute atomic E-state index is 0. The second kappa shape index (κ2) is 2.75. The minimum Gasteiger partial charge on any atom is -0.380 e. The smallest absolute Gasteiger partial charge is 0.171 e. The van der Waals surface area contributed by atoms with Crippen LogP contribution in [0.5, 0.6) is 0 Å². The van der Waals surface area contributed by atoms with Crippen molar-refractivity contribution < 1.29 is 0 Å². The Morgan fingerprint density at radius 2 is 2.27 bits per heavy atom. The maximum atomic E-state index is 5.47. The van der Waals surface area contributed by atoms with Crippen molar-refractivity contribution in [1.82, 2.24) is 15.2 Å². The number of pyridine rings is 1. The highest BCUT2D eigenvalue weighted by Gasteiger charge is 1.98. The number of halogens is 1. The molecule has 0 saturated heterocycles. The van der Waals surface area contributed by atoms with E-state index in [0.29, 0.717) is 5.82 Å². The number of aromatic nitrogens is 3. The molecule has 0 spiro atoms. The lowest BCUT2D eigenvalue weighted by atomic mass is 10.4. The first kappa shape index (κ1) is 7.81. The fourth-order valence-electron chi connectivity index (χ4n) is 0.873. The Balaban J connectivity index is 0.000000605. The summed E-state index contributed by atoms with van der Waals surface area (Å²) in [6.45, 7) is 0. The van der Waals surface area contributed by atoms with Gasteiger partial charge in [-0.25, -0.2) is 0 Å². The van der Waals surface area contributed by atoms with E-state index in [1.807, 2.05) is 12.1 Å². The number of hydrogen-bond acceptors (Lipinski definition) is 3. The molecule has 0 aliphatic rings. The highest BCUT2D eigenvalue weighted by atomic mass is 35.5. The van der Waals surface area contributed by atoms with Gasteiger partial charge in [-0.1, -0.05) is 0 Å². The molecule has 11 heavy (non-hydrogen) atoms. The number of nitrogens with two attached hydrogens (primary N) is 1. The summed E-state index contributed by atoms with van der Waals surface area (Å²) in [5.41, 5.74) is 7.08. The van der Waals surface area contributed by atoms with Crippen LogP contribution in [0.15, 0.2) is 18.3 Å². The molecule has 5 heteroatoms. The average molecular weight is 171 g/mol. The van der Waals surface area contributed by atoms with Crippen LogP contribution in [0.1, 0.15) is 0 Å². The summed E-state index contributed by atoms with van der Waals surface area (Å²) in [5, 5.41) is 6.54. The molecule has 2 aromatic heterocycles. The molecule has 2 aromatic rings. The highest BCUT2D eigenvalue weighted by molar-refractivity contribution is 5.85. The summed E-state index contributed by atoms with van der Waals surface area (Å²) in [7, 11) is 0.